The molecule has 4 aliphatic rings. The first-order valence-corrected chi connectivity index (χ1v) is 9.98. The van der Waals surface area contributed by atoms with E-state index in [1.165, 1.54) is 0 Å². The topological polar surface area (TPSA) is 64.1 Å². The summed E-state index contributed by atoms with van der Waals surface area (Å²) >= 11 is 0. The minimum Gasteiger partial charge on any atom is -0.508 e. The summed E-state index contributed by atoms with van der Waals surface area (Å²) in [7, 11) is 3.45. The van der Waals surface area contributed by atoms with E-state index in [0.717, 1.165) is 31.5 Å². The van der Waals surface area contributed by atoms with Gasteiger partial charge in [-0.3, -0.25) is 14.5 Å². The summed E-state index contributed by atoms with van der Waals surface area (Å²) in [6.45, 7) is 2.88. The Kier molecular flexibility index (Phi) is 4.84. The number of phenols is 1. The van der Waals surface area contributed by atoms with Crippen LogP contribution in [0.15, 0.2) is 24.3 Å². The monoisotopic (exact) mass is 371 g/mol. The lowest BCUT2D eigenvalue weighted by atomic mass is 9.75. The number of likely N-dealkylation sites (tertiary alicyclic amines) is 1. The SMILES string of the molecule is CN(C)C(=O)CCC(=O)N1C[C@H](c2cccc(O)c2)[C@H]2[C@@H]1C1CCN2CC1. The van der Waals surface area contributed by atoms with Gasteiger partial charge in [-0.15, -0.1) is 0 Å². The first-order valence-electron chi connectivity index (χ1n) is 9.98. The van der Waals surface area contributed by atoms with Gasteiger partial charge in [0.05, 0.1) is 6.04 Å². The number of phenolic OH excluding ortho intramolecular Hbond substituents is 1. The number of nitrogens with zero attached hydrogens (tertiary/aromatic N) is 3. The molecule has 4 aliphatic heterocycles. The zero-order valence-corrected chi connectivity index (χ0v) is 16.2. The Balaban J connectivity index is 1.57. The molecular weight excluding hydrogens is 342 g/mol. The third-order valence-electron chi connectivity index (χ3n) is 6.66. The number of hydrogen-bond donors (Lipinski definition) is 1. The van der Waals surface area contributed by atoms with Gasteiger partial charge in [0.2, 0.25) is 11.8 Å². The van der Waals surface area contributed by atoms with Crippen LogP contribution in [-0.4, -0.2) is 77.4 Å². The van der Waals surface area contributed by atoms with Crippen molar-refractivity contribution in [2.45, 2.75) is 43.7 Å². The molecule has 0 spiro atoms. The second kappa shape index (κ2) is 7.15. The van der Waals surface area contributed by atoms with Crippen LogP contribution in [0.1, 0.15) is 37.2 Å². The third-order valence-corrected chi connectivity index (χ3v) is 6.66. The van der Waals surface area contributed by atoms with Gasteiger partial charge in [0.1, 0.15) is 5.75 Å². The average molecular weight is 371 g/mol. The van der Waals surface area contributed by atoms with Crippen LogP contribution in [0.3, 0.4) is 0 Å². The number of rotatable bonds is 4. The quantitative estimate of drug-likeness (QED) is 0.874. The largest absolute Gasteiger partial charge is 0.508 e. The summed E-state index contributed by atoms with van der Waals surface area (Å²) in [5.41, 5.74) is 1.11. The van der Waals surface area contributed by atoms with Crippen molar-refractivity contribution in [2.75, 3.05) is 33.7 Å². The number of amides is 2. The van der Waals surface area contributed by atoms with Gasteiger partial charge in [0.25, 0.3) is 0 Å². The standard InChI is InChI=1S/C21H29N3O3/c1-22(2)18(26)6-7-19(27)24-13-17(15-4-3-5-16(25)12-15)21-20(24)14-8-10-23(21)11-9-14/h3-5,12,14,17,20-21,25H,6-11,13H2,1-2H3/t17-,20+,21+/m1/s1. The van der Waals surface area contributed by atoms with Crippen LogP contribution in [0.5, 0.6) is 5.75 Å². The fourth-order valence-corrected chi connectivity index (χ4v) is 5.33. The Hall–Kier alpha value is -2.08. The van der Waals surface area contributed by atoms with Crippen molar-refractivity contribution in [1.29, 1.82) is 0 Å². The third kappa shape index (κ3) is 3.31. The first-order chi connectivity index (χ1) is 13.0. The molecule has 146 valence electrons. The maximum atomic E-state index is 13.0. The molecular formula is C21H29N3O3. The minimum atomic E-state index is -0.00227. The molecule has 2 amide bonds. The van der Waals surface area contributed by atoms with Crippen molar-refractivity contribution in [3.8, 4) is 5.75 Å². The smallest absolute Gasteiger partial charge is 0.223 e. The molecule has 6 heteroatoms. The Morgan fingerprint density at radius 2 is 1.89 bits per heavy atom. The highest BCUT2D eigenvalue weighted by molar-refractivity contribution is 5.84. The molecule has 4 saturated heterocycles. The van der Waals surface area contributed by atoms with E-state index in [4.69, 9.17) is 0 Å². The molecule has 6 nitrogen and oxygen atoms in total. The Morgan fingerprint density at radius 1 is 1.15 bits per heavy atom. The van der Waals surface area contributed by atoms with E-state index < -0.39 is 0 Å². The van der Waals surface area contributed by atoms with Gasteiger partial charge in [-0.1, -0.05) is 12.1 Å². The molecule has 0 saturated carbocycles. The molecule has 3 atom stereocenters. The van der Waals surface area contributed by atoms with Gasteiger partial charge < -0.3 is 14.9 Å². The molecule has 4 fully saturated rings. The van der Waals surface area contributed by atoms with Crippen molar-refractivity contribution in [1.82, 2.24) is 14.7 Å². The van der Waals surface area contributed by atoms with Crippen LogP contribution in [0, 0.1) is 5.92 Å². The van der Waals surface area contributed by atoms with E-state index in [2.05, 4.69) is 15.9 Å². The highest BCUT2D eigenvalue weighted by atomic mass is 16.3. The molecule has 0 aromatic heterocycles. The molecule has 0 unspecified atom stereocenters. The molecule has 1 aromatic rings. The van der Waals surface area contributed by atoms with E-state index in [1.807, 2.05) is 12.1 Å². The zero-order chi connectivity index (χ0) is 19.1. The van der Waals surface area contributed by atoms with Crippen molar-refractivity contribution < 1.29 is 14.7 Å². The predicted molar refractivity (Wildman–Crippen MR) is 102 cm³/mol. The summed E-state index contributed by atoms with van der Waals surface area (Å²) in [5.74, 6) is 1.14. The number of piperidine rings is 3. The number of hydrogen-bond acceptors (Lipinski definition) is 4. The predicted octanol–water partition coefficient (Wildman–Crippen LogP) is 1.65. The van der Waals surface area contributed by atoms with E-state index in [1.54, 1.807) is 25.1 Å². The van der Waals surface area contributed by atoms with Gasteiger partial charge >= 0.3 is 0 Å². The van der Waals surface area contributed by atoms with Gasteiger partial charge in [0.15, 0.2) is 0 Å². The lowest BCUT2D eigenvalue weighted by Crippen LogP contribution is -2.60. The molecule has 4 heterocycles. The van der Waals surface area contributed by atoms with Gasteiger partial charge in [-0.05, 0) is 49.5 Å². The van der Waals surface area contributed by atoms with E-state index in [0.29, 0.717) is 18.5 Å². The molecule has 2 bridgehead atoms. The zero-order valence-electron chi connectivity index (χ0n) is 16.2. The molecule has 1 aromatic carbocycles. The van der Waals surface area contributed by atoms with Crippen LogP contribution < -0.4 is 0 Å². The number of benzene rings is 1. The van der Waals surface area contributed by atoms with Crippen LogP contribution in [0.25, 0.3) is 0 Å². The van der Waals surface area contributed by atoms with Gasteiger partial charge in [-0.25, -0.2) is 0 Å². The lowest BCUT2D eigenvalue weighted by Gasteiger charge is -2.51. The van der Waals surface area contributed by atoms with Crippen LogP contribution in [0.4, 0.5) is 0 Å². The van der Waals surface area contributed by atoms with Crippen LogP contribution in [-0.2, 0) is 9.59 Å². The molecule has 27 heavy (non-hydrogen) atoms. The lowest BCUT2D eigenvalue weighted by molar-refractivity contribution is -0.139. The Bertz CT molecular complexity index is 727. The maximum Gasteiger partial charge on any atom is 0.223 e. The number of aromatic hydroxyl groups is 1. The van der Waals surface area contributed by atoms with E-state index in [-0.39, 0.29) is 42.4 Å². The first kappa shape index (κ1) is 18.3. The number of carbonyl (C=O) groups is 2. The highest BCUT2D eigenvalue weighted by Gasteiger charge is 2.54. The summed E-state index contributed by atoms with van der Waals surface area (Å²) in [6, 6.07) is 8.05. The summed E-state index contributed by atoms with van der Waals surface area (Å²) in [5, 5.41) is 9.94. The van der Waals surface area contributed by atoms with Crippen molar-refractivity contribution in [2.24, 2.45) is 5.92 Å². The molecule has 5 rings (SSSR count). The minimum absolute atomic E-state index is 0.00227. The van der Waals surface area contributed by atoms with E-state index in [9.17, 15) is 14.7 Å². The summed E-state index contributed by atoms with van der Waals surface area (Å²) < 4.78 is 0. The number of carbonyl (C=O) groups excluding carboxylic acids is 2. The van der Waals surface area contributed by atoms with Crippen molar-refractivity contribution >= 4 is 11.8 Å². The molecule has 0 aliphatic carbocycles. The Morgan fingerprint density at radius 3 is 2.56 bits per heavy atom. The van der Waals surface area contributed by atoms with Crippen molar-refractivity contribution in [3.05, 3.63) is 29.8 Å². The highest BCUT2D eigenvalue weighted by Crippen LogP contribution is 2.47. The Labute approximate surface area is 160 Å². The molecule has 1 N–H and O–H groups in total. The second-order valence-corrected chi connectivity index (χ2v) is 8.39. The normalized spacial score (nSPS) is 31.6. The van der Waals surface area contributed by atoms with Gasteiger partial charge in [0, 0.05) is 45.4 Å². The number of fused-ring (bicyclic) bond motifs is 2. The maximum absolute atomic E-state index is 13.0. The fraction of sp³-hybridized carbons (Fsp3) is 0.619. The summed E-state index contributed by atoms with van der Waals surface area (Å²) in [6.07, 6.45) is 2.84. The second-order valence-electron chi connectivity index (χ2n) is 8.39. The molecule has 0 radical (unpaired) electrons. The summed E-state index contributed by atoms with van der Waals surface area (Å²) in [4.78, 5) is 31.1. The average Bonchev–Trinajstić information content (AvgIpc) is 3.09. The fourth-order valence-electron chi connectivity index (χ4n) is 5.33. The van der Waals surface area contributed by atoms with E-state index >= 15 is 0 Å². The van der Waals surface area contributed by atoms with Crippen LogP contribution in [0.2, 0.25) is 0 Å². The van der Waals surface area contributed by atoms with Crippen LogP contribution >= 0.6 is 0 Å². The van der Waals surface area contributed by atoms with Gasteiger partial charge in [-0.2, -0.15) is 0 Å². The van der Waals surface area contributed by atoms with Crippen molar-refractivity contribution in [3.63, 3.8) is 0 Å².